The van der Waals surface area contributed by atoms with Crippen LogP contribution in [0.25, 0.3) is 0 Å². The second kappa shape index (κ2) is 8.88. The Morgan fingerprint density at radius 2 is 1.88 bits per heavy atom. The van der Waals surface area contributed by atoms with Crippen LogP contribution in [0.15, 0.2) is 24.3 Å². The average molecular weight is 349 g/mol. The lowest BCUT2D eigenvalue weighted by molar-refractivity contribution is -0.127. The van der Waals surface area contributed by atoms with Crippen LogP contribution in [0.2, 0.25) is 0 Å². The quantitative estimate of drug-likeness (QED) is 0.706. The van der Waals surface area contributed by atoms with Gasteiger partial charge in [0.1, 0.15) is 11.9 Å². The molecule has 5 nitrogen and oxygen atoms in total. The van der Waals surface area contributed by atoms with E-state index in [1.165, 1.54) is 32.1 Å². The summed E-state index contributed by atoms with van der Waals surface area (Å²) in [6.07, 6.45) is 6.58. The number of para-hydroxylation sites is 2. The van der Waals surface area contributed by atoms with E-state index in [9.17, 15) is 10.2 Å². The van der Waals surface area contributed by atoms with E-state index in [0.717, 1.165) is 18.0 Å². The summed E-state index contributed by atoms with van der Waals surface area (Å²) in [5, 5.41) is 24.2. The van der Waals surface area contributed by atoms with Gasteiger partial charge in [0.15, 0.2) is 0 Å². The van der Waals surface area contributed by atoms with Gasteiger partial charge in [0.25, 0.3) is 0 Å². The first-order chi connectivity index (χ1) is 12.2. The molecule has 1 saturated heterocycles. The molecule has 1 heterocycles. The lowest BCUT2D eigenvalue weighted by Gasteiger charge is -2.36. The van der Waals surface area contributed by atoms with Gasteiger partial charge in [0.05, 0.1) is 17.9 Å². The molecule has 5 heteroatoms. The van der Waals surface area contributed by atoms with Crippen molar-refractivity contribution in [1.82, 2.24) is 0 Å². The number of ether oxygens (including phenoxy) is 2. The maximum atomic E-state index is 10.6. The van der Waals surface area contributed by atoms with Crippen LogP contribution in [0.3, 0.4) is 0 Å². The number of anilines is 1. The third-order valence-electron chi connectivity index (χ3n) is 5.55. The molecule has 0 amide bonds. The van der Waals surface area contributed by atoms with Crippen molar-refractivity contribution in [3.05, 3.63) is 24.3 Å². The molecule has 140 valence electrons. The maximum absolute atomic E-state index is 10.6. The van der Waals surface area contributed by atoms with Crippen molar-refractivity contribution in [2.24, 2.45) is 5.92 Å². The van der Waals surface area contributed by atoms with Crippen molar-refractivity contribution >= 4 is 5.69 Å². The van der Waals surface area contributed by atoms with Crippen molar-refractivity contribution in [2.75, 3.05) is 31.7 Å². The predicted octanol–water partition coefficient (Wildman–Crippen LogP) is 2.96. The highest BCUT2D eigenvalue weighted by Gasteiger charge is 2.37. The van der Waals surface area contributed by atoms with Crippen LogP contribution in [0.4, 0.5) is 5.69 Å². The molecule has 1 unspecified atom stereocenters. The van der Waals surface area contributed by atoms with E-state index in [1.54, 1.807) is 0 Å². The van der Waals surface area contributed by atoms with Gasteiger partial charge in [-0.3, -0.25) is 0 Å². The maximum Gasteiger partial charge on any atom is 0.142 e. The molecular formula is C20H31NO4. The van der Waals surface area contributed by atoms with Gasteiger partial charge in [-0.15, -0.1) is 0 Å². The van der Waals surface area contributed by atoms with E-state index in [-0.39, 0.29) is 0 Å². The Morgan fingerprint density at radius 1 is 1.16 bits per heavy atom. The lowest BCUT2D eigenvalue weighted by atomic mass is 9.88. The zero-order chi connectivity index (χ0) is 17.5. The smallest absolute Gasteiger partial charge is 0.142 e. The Balaban J connectivity index is 1.53. The molecule has 25 heavy (non-hydrogen) atoms. The number of nitrogens with one attached hydrogen (secondary N) is 1. The number of aliphatic hydroxyl groups is 2. The van der Waals surface area contributed by atoms with Crippen LogP contribution < -0.4 is 10.1 Å². The summed E-state index contributed by atoms with van der Waals surface area (Å²) < 4.78 is 11.3. The van der Waals surface area contributed by atoms with Gasteiger partial charge in [-0.1, -0.05) is 31.4 Å². The van der Waals surface area contributed by atoms with E-state index >= 15 is 0 Å². The molecule has 0 radical (unpaired) electrons. The predicted molar refractivity (Wildman–Crippen MR) is 98.0 cm³/mol. The molecule has 0 bridgehead atoms. The van der Waals surface area contributed by atoms with Crippen LogP contribution in [-0.2, 0) is 4.74 Å². The summed E-state index contributed by atoms with van der Waals surface area (Å²) in [4.78, 5) is 0. The number of benzene rings is 1. The minimum Gasteiger partial charge on any atom is -0.491 e. The fourth-order valence-electron chi connectivity index (χ4n) is 3.75. The Bertz CT molecular complexity index is 524. The van der Waals surface area contributed by atoms with E-state index in [1.807, 2.05) is 24.3 Å². The molecule has 2 aliphatic rings. The first-order valence-corrected chi connectivity index (χ1v) is 9.61. The van der Waals surface area contributed by atoms with Crippen molar-refractivity contribution in [3.63, 3.8) is 0 Å². The molecule has 0 spiro atoms. The molecule has 1 aliphatic carbocycles. The Kier molecular flexibility index (Phi) is 6.57. The summed E-state index contributed by atoms with van der Waals surface area (Å²) in [6, 6.07) is 7.83. The molecule has 1 aliphatic heterocycles. The Hall–Kier alpha value is -1.30. The minimum absolute atomic E-state index is 0.292. The molecule has 3 rings (SSSR count). The normalized spacial score (nSPS) is 22.3. The molecule has 1 saturated carbocycles. The highest BCUT2D eigenvalue weighted by Crippen LogP contribution is 2.29. The zero-order valence-corrected chi connectivity index (χ0v) is 15.0. The molecule has 1 atom stereocenters. The zero-order valence-electron chi connectivity index (χ0n) is 15.0. The SMILES string of the molecule is OC(CNc1ccccc1OCC1CCCCC1)C1(O)CCOCC1. The van der Waals surface area contributed by atoms with Gasteiger partial charge >= 0.3 is 0 Å². The summed E-state index contributed by atoms with van der Waals surface area (Å²) in [7, 11) is 0. The summed E-state index contributed by atoms with van der Waals surface area (Å²) in [5.74, 6) is 1.47. The molecular weight excluding hydrogens is 318 g/mol. The monoisotopic (exact) mass is 349 g/mol. The van der Waals surface area contributed by atoms with E-state index in [4.69, 9.17) is 9.47 Å². The topological polar surface area (TPSA) is 71.0 Å². The standard InChI is InChI=1S/C20H31NO4/c22-19(20(23)10-12-24-13-11-20)14-21-17-8-4-5-9-18(17)25-15-16-6-2-1-3-7-16/h4-5,8-9,16,19,21-23H,1-3,6-7,10-15H2. The van der Waals surface area contributed by atoms with Crippen molar-refractivity contribution in [1.29, 1.82) is 0 Å². The largest absolute Gasteiger partial charge is 0.491 e. The summed E-state index contributed by atoms with van der Waals surface area (Å²) in [5.41, 5.74) is -0.198. The highest BCUT2D eigenvalue weighted by atomic mass is 16.5. The second-order valence-electron chi connectivity index (χ2n) is 7.42. The molecule has 1 aromatic carbocycles. The van der Waals surface area contributed by atoms with Gasteiger partial charge in [-0.25, -0.2) is 0 Å². The third kappa shape index (κ3) is 5.09. The molecule has 3 N–H and O–H groups in total. The Morgan fingerprint density at radius 3 is 2.64 bits per heavy atom. The summed E-state index contributed by atoms with van der Waals surface area (Å²) in [6.45, 7) is 2.03. The fourth-order valence-corrected chi connectivity index (χ4v) is 3.75. The second-order valence-corrected chi connectivity index (χ2v) is 7.42. The van der Waals surface area contributed by atoms with Crippen LogP contribution in [0.1, 0.15) is 44.9 Å². The fraction of sp³-hybridized carbons (Fsp3) is 0.700. The molecule has 1 aromatic rings. The van der Waals surface area contributed by atoms with Crippen LogP contribution >= 0.6 is 0 Å². The van der Waals surface area contributed by atoms with Crippen molar-refractivity contribution in [2.45, 2.75) is 56.7 Å². The number of hydrogen-bond acceptors (Lipinski definition) is 5. The highest BCUT2D eigenvalue weighted by molar-refractivity contribution is 5.56. The van der Waals surface area contributed by atoms with Gasteiger partial charge in [0.2, 0.25) is 0 Å². The third-order valence-corrected chi connectivity index (χ3v) is 5.55. The summed E-state index contributed by atoms with van der Waals surface area (Å²) >= 11 is 0. The van der Waals surface area contributed by atoms with Crippen LogP contribution in [0, 0.1) is 5.92 Å². The van der Waals surface area contributed by atoms with E-state index < -0.39 is 11.7 Å². The lowest BCUT2D eigenvalue weighted by Crippen LogP contribution is -2.49. The average Bonchev–Trinajstić information content (AvgIpc) is 2.66. The van der Waals surface area contributed by atoms with Crippen molar-refractivity contribution in [3.8, 4) is 5.75 Å². The van der Waals surface area contributed by atoms with Crippen LogP contribution in [0.5, 0.6) is 5.75 Å². The van der Waals surface area contributed by atoms with Crippen molar-refractivity contribution < 1.29 is 19.7 Å². The molecule has 2 fully saturated rings. The number of aliphatic hydroxyl groups excluding tert-OH is 1. The van der Waals surface area contributed by atoms with E-state index in [0.29, 0.717) is 38.5 Å². The van der Waals surface area contributed by atoms with E-state index in [2.05, 4.69) is 5.32 Å². The molecule has 0 aromatic heterocycles. The van der Waals surface area contributed by atoms with Gasteiger partial charge in [-0.05, 0) is 30.9 Å². The Labute approximate surface area is 150 Å². The number of hydrogen-bond donors (Lipinski definition) is 3. The van der Waals surface area contributed by atoms with Gasteiger partial charge in [-0.2, -0.15) is 0 Å². The first kappa shape index (κ1) is 18.5. The van der Waals surface area contributed by atoms with Crippen LogP contribution in [-0.4, -0.2) is 48.3 Å². The van der Waals surface area contributed by atoms with Gasteiger partial charge < -0.3 is 25.0 Å². The number of rotatable bonds is 7. The first-order valence-electron chi connectivity index (χ1n) is 9.61. The minimum atomic E-state index is -1.07. The van der Waals surface area contributed by atoms with Gasteiger partial charge in [0, 0.05) is 32.6 Å².